The first-order chi connectivity index (χ1) is 14.8. The number of rotatable bonds is 7. The molecular formula is C22H34ClN5O2S. The number of aromatic nitrogens is 2. The zero-order valence-corrected chi connectivity index (χ0v) is 20.6. The molecule has 9 heteroatoms. The van der Waals surface area contributed by atoms with Crippen molar-refractivity contribution >= 4 is 41.0 Å². The maximum atomic E-state index is 12.7. The average Bonchev–Trinajstić information content (AvgIpc) is 3.26. The summed E-state index contributed by atoms with van der Waals surface area (Å²) in [5, 5.41) is 0.877. The minimum atomic E-state index is 0.0687. The normalized spacial score (nSPS) is 17.6. The maximum absolute atomic E-state index is 12.7. The second kappa shape index (κ2) is 10.9. The number of hydrogen-bond acceptors (Lipinski definition) is 6. The molecule has 0 radical (unpaired) electrons. The molecule has 2 aliphatic rings. The highest BCUT2D eigenvalue weighted by Crippen LogP contribution is 2.28. The van der Waals surface area contributed by atoms with Gasteiger partial charge in [-0.1, -0.05) is 36.2 Å². The van der Waals surface area contributed by atoms with Gasteiger partial charge in [0.2, 0.25) is 11.8 Å². The first-order valence-electron chi connectivity index (χ1n) is 11.3. The van der Waals surface area contributed by atoms with Gasteiger partial charge in [0, 0.05) is 50.2 Å². The van der Waals surface area contributed by atoms with Crippen LogP contribution in [-0.4, -0.2) is 75.6 Å². The van der Waals surface area contributed by atoms with Crippen LogP contribution in [0.2, 0.25) is 5.15 Å². The lowest BCUT2D eigenvalue weighted by Gasteiger charge is -2.36. The lowest BCUT2D eigenvalue weighted by molar-refractivity contribution is -0.135. The SMILES string of the molecule is CC(C)N(C(=O)CSc1nc(Cl)cc(N2CCN(C(=O)C3CCCC3)CC2)n1)C(C)C. The van der Waals surface area contributed by atoms with E-state index in [9.17, 15) is 9.59 Å². The Hall–Kier alpha value is -1.54. The van der Waals surface area contributed by atoms with E-state index in [2.05, 4.69) is 14.9 Å². The Balaban J connectivity index is 1.58. The molecule has 2 amide bonds. The van der Waals surface area contributed by atoms with Crippen LogP contribution in [-0.2, 0) is 9.59 Å². The average molecular weight is 468 g/mol. The van der Waals surface area contributed by atoms with Crippen molar-refractivity contribution in [1.29, 1.82) is 0 Å². The van der Waals surface area contributed by atoms with Crippen LogP contribution in [0, 0.1) is 5.92 Å². The smallest absolute Gasteiger partial charge is 0.233 e. The van der Waals surface area contributed by atoms with Gasteiger partial charge in [0.1, 0.15) is 11.0 Å². The van der Waals surface area contributed by atoms with E-state index in [1.165, 1.54) is 24.6 Å². The number of halogens is 1. The number of carbonyl (C=O) groups excluding carboxylic acids is 2. The Labute approximate surface area is 194 Å². The topological polar surface area (TPSA) is 69.6 Å². The minimum absolute atomic E-state index is 0.0687. The Kier molecular flexibility index (Phi) is 8.44. The van der Waals surface area contributed by atoms with Gasteiger partial charge in [-0.15, -0.1) is 0 Å². The quantitative estimate of drug-likeness (QED) is 0.346. The van der Waals surface area contributed by atoms with E-state index in [0.717, 1.165) is 31.7 Å². The molecule has 0 aromatic carbocycles. The highest BCUT2D eigenvalue weighted by Gasteiger charge is 2.30. The van der Waals surface area contributed by atoms with E-state index in [0.29, 0.717) is 29.3 Å². The molecule has 2 fully saturated rings. The third kappa shape index (κ3) is 6.25. The van der Waals surface area contributed by atoms with Crippen LogP contribution < -0.4 is 4.90 Å². The summed E-state index contributed by atoms with van der Waals surface area (Å²) < 4.78 is 0. The Morgan fingerprint density at radius 2 is 1.71 bits per heavy atom. The number of piperazine rings is 1. The predicted octanol–water partition coefficient (Wildman–Crippen LogP) is 3.71. The van der Waals surface area contributed by atoms with Crippen LogP contribution in [0.1, 0.15) is 53.4 Å². The van der Waals surface area contributed by atoms with Gasteiger partial charge in [-0.05, 0) is 40.5 Å². The largest absolute Gasteiger partial charge is 0.353 e. The summed E-state index contributed by atoms with van der Waals surface area (Å²) in [7, 11) is 0. The molecule has 1 aliphatic heterocycles. The van der Waals surface area contributed by atoms with Gasteiger partial charge in [-0.3, -0.25) is 9.59 Å². The molecular weight excluding hydrogens is 434 g/mol. The molecule has 7 nitrogen and oxygen atoms in total. The molecule has 0 bridgehead atoms. The van der Waals surface area contributed by atoms with Crippen LogP contribution in [0.15, 0.2) is 11.2 Å². The van der Waals surface area contributed by atoms with Crippen molar-refractivity contribution in [2.45, 2.75) is 70.6 Å². The van der Waals surface area contributed by atoms with Gasteiger partial charge < -0.3 is 14.7 Å². The van der Waals surface area contributed by atoms with E-state index in [-0.39, 0.29) is 29.7 Å². The van der Waals surface area contributed by atoms with E-state index in [1.807, 2.05) is 37.5 Å². The predicted molar refractivity (Wildman–Crippen MR) is 126 cm³/mol. The number of amides is 2. The number of anilines is 1. The number of carbonyl (C=O) groups is 2. The van der Waals surface area contributed by atoms with Crippen LogP contribution >= 0.6 is 23.4 Å². The van der Waals surface area contributed by atoms with Crippen molar-refractivity contribution in [2.75, 3.05) is 36.8 Å². The summed E-state index contributed by atoms with van der Waals surface area (Å²) in [5.74, 6) is 1.63. The van der Waals surface area contributed by atoms with Gasteiger partial charge in [-0.25, -0.2) is 9.97 Å². The monoisotopic (exact) mass is 467 g/mol. The van der Waals surface area contributed by atoms with Crippen molar-refractivity contribution in [3.63, 3.8) is 0 Å². The molecule has 0 atom stereocenters. The van der Waals surface area contributed by atoms with E-state index in [1.54, 1.807) is 6.07 Å². The van der Waals surface area contributed by atoms with Gasteiger partial charge in [0.05, 0.1) is 5.75 Å². The zero-order chi connectivity index (χ0) is 22.5. The Bertz CT molecular complexity index is 769. The summed E-state index contributed by atoms with van der Waals surface area (Å²) in [6, 6.07) is 2.05. The molecule has 31 heavy (non-hydrogen) atoms. The summed E-state index contributed by atoms with van der Waals surface area (Å²) in [5.41, 5.74) is 0. The molecule has 0 unspecified atom stereocenters. The number of nitrogens with zero attached hydrogens (tertiary/aromatic N) is 5. The first-order valence-corrected chi connectivity index (χ1v) is 12.6. The first kappa shape index (κ1) is 24.1. The number of hydrogen-bond donors (Lipinski definition) is 0. The fourth-order valence-corrected chi connectivity index (χ4v) is 5.52. The second-order valence-corrected chi connectivity index (χ2v) is 10.2. The van der Waals surface area contributed by atoms with Crippen molar-refractivity contribution in [2.24, 2.45) is 5.92 Å². The second-order valence-electron chi connectivity index (χ2n) is 8.90. The van der Waals surface area contributed by atoms with Crippen LogP contribution in [0.25, 0.3) is 0 Å². The number of thioether (sulfide) groups is 1. The van der Waals surface area contributed by atoms with Crippen LogP contribution in [0.5, 0.6) is 0 Å². The molecule has 2 heterocycles. The fraction of sp³-hybridized carbons (Fsp3) is 0.727. The molecule has 172 valence electrons. The van der Waals surface area contributed by atoms with Crippen molar-refractivity contribution in [3.05, 3.63) is 11.2 Å². The van der Waals surface area contributed by atoms with Crippen LogP contribution in [0.4, 0.5) is 5.82 Å². The lowest BCUT2D eigenvalue weighted by atomic mass is 10.1. The van der Waals surface area contributed by atoms with E-state index < -0.39 is 0 Å². The third-order valence-corrected chi connectivity index (χ3v) is 7.03. The highest BCUT2D eigenvalue weighted by molar-refractivity contribution is 7.99. The Morgan fingerprint density at radius 1 is 1.10 bits per heavy atom. The fourth-order valence-electron chi connectivity index (χ4n) is 4.57. The zero-order valence-electron chi connectivity index (χ0n) is 19.0. The van der Waals surface area contributed by atoms with Crippen molar-refractivity contribution in [1.82, 2.24) is 19.8 Å². The van der Waals surface area contributed by atoms with Gasteiger partial charge >= 0.3 is 0 Å². The van der Waals surface area contributed by atoms with Gasteiger partial charge in [0.15, 0.2) is 5.16 Å². The summed E-state index contributed by atoms with van der Waals surface area (Å²) in [6.45, 7) is 10.9. The van der Waals surface area contributed by atoms with Gasteiger partial charge in [0.25, 0.3) is 0 Å². The van der Waals surface area contributed by atoms with Gasteiger partial charge in [-0.2, -0.15) is 0 Å². The molecule has 1 aromatic heterocycles. The maximum Gasteiger partial charge on any atom is 0.233 e. The highest BCUT2D eigenvalue weighted by atomic mass is 35.5. The standard InChI is InChI=1S/C22H34ClN5O2S/c1-15(2)28(16(3)4)20(29)14-31-22-24-18(23)13-19(25-22)26-9-11-27(12-10-26)21(30)17-7-5-6-8-17/h13,15-17H,5-12,14H2,1-4H3. The van der Waals surface area contributed by atoms with E-state index >= 15 is 0 Å². The third-order valence-electron chi connectivity index (χ3n) is 6.01. The molecule has 3 rings (SSSR count). The molecule has 0 N–H and O–H groups in total. The molecule has 1 saturated heterocycles. The summed E-state index contributed by atoms with van der Waals surface area (Å²) in [6.07, 6.45) is 4.41. The van der Waals surface area contributed by atoms with Crippen molar-refractivity contribution in [3.8, 4) is 0 Å². The Morgan fingerprint density at radius 3 is 2.29 bits per heavy atom. The molecule has 1 saturated carbocycles. The lowest BCUT2D eigenvalue weighted by Crippen LogP contribution is -2.50. The molecule has 1 aliphatic carbocycles. The van der Waals surface area contributed by atoms with Crippen molar-refractivity contribution < 1.29 is 9.59 Å². The molecule has 0 spiro atoms. The van der Waals surface area contributed by atoms with E-state index in [4.69, 9.17) is 11.6 Å². The molecule has 1 aromatic rings. The summed E-state index contributed by atoms with van der Waals surface area (Å²) in [4.78, 5) is 40.3. The minimum Gasteiger partial charge on any atom is -0.353 e. The van der Waals surface area contributed by atoms with Crippen LogP contribution in [0.3, 0.4) is 0 Å². The summed E-state index contributed by atoms with van der Waals surface area (Å²) >= 11 is 7.58.